The summed E-state index contributed by atoms with van der Waals surface area (Å²) in [7, 11) is 0. The minimum Gasteiger partial charge on any atom is -0.351 e. The average molecular weight is 310 g/mol. The van der Waals surface area contributed by atoms with Crippen LogP contribution in [-0.4, -0.2) is 32.0 Å². The second-order valence-electron chi connectivity index (χ2n) is 4.85. The van der Waals surface area contributed by atoms with Crippen LogP contribution >= 0.6 is 11.6 Å². The minimum atomic E-state index is -0.0965. The molecule has 0 saturated heterocycles. The van der Waals surface area contributed by atoms with Gasteiger partial charge in [0.25, 0.3) is 5.91 Å². The van der Waals surface area contributed by atoms with Gasteiger partial charge in [-0.25, -0.2) is 0 Å². The largest absolute Gasteiger partial charge is 0.351 e. The van der Waals surface area contributed by atoms with Crippen molar-refractivity contribution in [3.63, 3.8) is 0 Å². The average Bonchev–Trinajstić information content (AvgIpc) is 3.04. The molecule has 2 rings (SSSR count). The van der Waals surface area contributed by atoms with Crippen LogP contribution < -0.4 is 5.32 Å². The molecule has 0 atom stereocenters. The maximum Gasteiger partial charge on any atom is 0.269 e. The minimum absolute atomic E-state index is 0.0965. The van der Waals surface area contributed by atoms with Gasteiger partial charge in [-0.2, -0.15) is 10.2 Å². The van der Waals surface area contributed by atoms with Crippen LogP contribution in [0.4, 0.5) is 0 Å². The van der Waals surface area contributed by atoms with E-state index in [4.69, 9.17) is 11.6 Å². The molecule has 0 bridgehead atoms. The van der Waals surface area contributed by atoms with E-state index in [0.29, 0.717) is 23.8 Å². The number of aromatic nitrogens is 4. The number of hydrogen-bond acceptors (Lipinski definition) is 3. The van der Waals surface area contributed by atoms with Gasteiger partial charge in [0.15, 0.2) is 0 Å². The second-order valence-corrected chi connectivity index (χ2v) is 5.23. The molecule has 114 valence electrons. The molecule has 2 heterocycles. The van der Waals surface area contributed by atoms with Crippen LogP contribution in [-0.2, 0) is 13.1 Å². The lowest BCUT2D eigenvalue weighted by Crippen LogP contribution is -2.27. The normalized spacial score (nSPS) is 10.9. The Labute approximate surface area is 129 Å². The Morgan fingerprint density at radius 1 is 1.38 bits per heavy atom. The Morgan fingerprint density at radius 3 is 2.76 bits per heavy atom. The molecule has 6 nitrogen and oxygen atoms in total. The summed E-state index contributed by atoms with van der Waals surface area (Å²) in [6, 6.07) is 1.72. The van der Waals surface area contributed by atoms with Crippen molar-refractivity contribution in [1.82, 2.24) is 24.9 Å². The first-order valence-electron chi connectivity index (χ1n) is 7.04. The quantitative estimate of drug-likeness (QED) is 0.832. The SMILES string of the molecule is CCn1nccc1C(=O)NCCCn1nc(C)c(Cl)c1C. The van der Waals surface area contributed by atoms with Crippen LogP contribution in [0.25, 0.3) is 0 Å². The third-order valence-electron chi connectivity index (χ3n) is 3.37. The number of carbonyl (C=O) groups excluding carboxylic acids is 1. The molecule has 7 heteroatoms. The fourth-order valence-corrected chi connectivity index (χ4v) is 2.33. The second kappa shape index (κ2) is 6.76. The standard InChI is InChI=1S/C14H20ClN5O/c1-4-19-12(6-8-17-19)14(21)16-7-5-9-20-11(3)13(15)10(2)18-20/h6,8H,4-5,7,9H2,1-3H3,(H,16,21). The van der Waals surface area contributed by atoms with Gasteiger partial charge in [-0.15, -0.1) is 0 Å². The van der Waals surface area contributed by atoms with Gasteiger partial charge in [-0.1, -0.05) is 11.6 Å². The van der Waals surface area contributed by atoms with Crippen LogP contribution in [0.15, 0.2) is 12.3 Å². The summed E-state index contributed by atoms with van der Waals surface area (Å²) < 4.78 is 3.55. The molecule has 0 aromatic carbocycles. The van der Waals surface area contributed by atoms with E-state index in [1.165, 1.54) is 0 Å². The summed E-state index contributed by atoms with van der Waals surface area (Å²) >= 11 is 6.10. The molecular weight excluding hydrogens is 290 g/mol. The van der Waals surface area contributed by atoms with Crippen molar-refractivity contribution in [1.29, 1.82) is 0 Å². The number of nitrogens with one attached hydrogen (secondary N) is 1. The maximum atomic E-state index is 12.0. The highest BCUT2D eigenvalue weighted by molar-refractivity contribution is 6.31. The Balaban J connectivity index is 1.82. The van der Waals surface area contributed by atoms with Gasteiger partial charge in [0.05, 0.1) is 16.4 Å². The Bertz CT molecular complexity index is 631. The van der Waals surface area contributed by atoms with Crippen LogP contribution in [0.2, 0.25) is 5.02 Å². The fourth-order valence-electron chi connectivity index (χ4n) is 2.19. The summed E-state index contributed by atoms with van der Waals surface area (Å²) in [4.78, 5) is 12.0. The van der Waals surface area contributed by atoms with Crippen molar-refractivity contribution in [2.24, 2.45) is 0 Å². The third kappa shape index (κ3) is 3.44. The van der Waals surface area contributed by atoms with Gasteiger partial charge in [0.2, 0.25) is 0 Å². The highest BCUT2D eigenvalue weighted by Gasteiger charge is 2.11. The summed E-state index contributed by atoms with van der Waals surface area (Å²) in [6.07, 6.45) is 2.43. The Morgan fingerprint density at radius 2 is 2.14 bits per heavy atom. The number of hydrogen-bond donors (Lipinski definition) is 1. The van der Waals surface area contributed by atoms with Gasteiger partial charge in [-0.3, -0.25) is 14.2 Å². The molecule has 0 spiro atoms. The summed E-state index contributed by atoms with van der Waals surface area (Å²) in [5.41, 5.74) is 2.39. The van der Waals surface area contributed by atoms with Crippen LogP contribution in [0, 0.1) is 13.8 Å². The molecule has 1 amide bonds. The predicted molar refractivity (Wildman–Crippen MR) is 81.6 cm³/mol. The number of rotatable bonds is 6. The van der Waals surface area contributed by atoms with Crippen molar-refractivity contribution >= 4 is 17.5 Å². The van der Waals surface area contributed by atoms with Gasteiger partial charge in [-0.05, 0) is 33.3 Å². The van der Waals surface area contributed by atoms with E-state index in [9.17, 15) is 4.79 Å². The summed E-state index contributed by atoms with van der Waals surface area (Å²) in [5, 5.41) is 12.1. The van der Waals surface area contributed by atoms with E-state index in [2.05, 4.69) is 15.5 Å². The Hall–Kier alpha value is -1.82. The smallest absolute Gasteiger partial charge is 0.269 e. The van der Waals surface area contributed by atoms with E-state index >= 15 is 0 Å². The lowest BCUT2D eigenvalue weighted by molar-refractivity contribution is 0.0942. The van der Waals surface area contributed by atoms with Crippen molar-refractivity contribution in [2.75, 3.05) is 6.54 Å². The van der Waals surface area contributed by atoms with Crippen LogP contribution in [0.5, 0.6) is 0 Å². The number of nitrogens with zero attached hydrogens (tertiary/aromatic N) is 4. The highest BCUT2D eigenvalue weighted by Crippen LogP contribution is 2.18. The number of carbonyl (C=O) groups is 1. The molecule has 0 aliphatic rings. The van der Waals surface area contributed by atoms with Crippen LogP contribution in [0.3, 0.4) is 0 Å². The molecule has 0 aliphatic carbocycles. The first-order chi connectivity index (χ1) is 10.0. The van der Waals surface area contributed by atoms with Gasteiger partial charge in [0.1, 0.15) is 5.69 Å². The topological polar surface area (TPSA) is 64.7 Å². The molecule has 0 radical (unpaired) electrons. The van der Waals surface area contributed by atoms with Crippen molar-refractivity contribution < 1.29 is 4.79 Å². The zero-order chi connectivity index (χ0) is 15.4. The monoisotopic (exact) mass is 309 g/mol. The fraction of sp³-hybridized carbons (Fsp3) is 0.500. The molecule has 0 fully saturated rings. The van der Waals surface area contributed by atoms with Gasteiger partial charge < -0.3 is 5.32 Å². The molecule has 2 aromatic rings. The summed E-state index contributed by atoms with van der Waals surface area (Å²) in [5.74, 6) is -0.0965. The third-order valence-corrected chi connectivity index (χ3v) is 3.92. The zero-order valence-electron chi connectivity index (χ0n) is 12.6. The zero-order valence-corrected chi connectivity index (χ0v) is 13.3. The first-order valence-corrected chi connectivity index (χ1v) is 7.42. The first kappa shape index (κ1) is 15.6. The van der Waals surface area contributed by atoms with E-state index in [1.54, 1.807) is 16.9 Å². The van der Waals surface area contributed by atoms with Gasteiger partial charge in [0, 0.05) is 25.8 Å². The van der Waals surface area contributed by atoms with E-state index in [1.807, 2.05) is 25.5 Å². The molecule has 0 saturated carbocycles. The van der Waals surface area contributed by atoms with E-state index in [0.717, 1.165) is 24.4 Å². The van der Waals surface area contributed by atoms with Crippen molar-refractivity contribution in [3.8, 4) is 0 Å². The molecule has 0 aliphatic heterocycles. The maximum absolute atomic E-state index is 12.0. The van der Waals surface area contributed by atoms with Crippen molar-refractivity contribution in [3.05, 3.63) is 34.4 Å². The lowest BCUT2D eigenvalue weighted by atomic mass is 10.3. The molecule has 2 aromatic heterocycles. The number of aryl methyl sites for hydroxylation is 3. The summed E-state index contributed by atoms with van der Waals surface area (Å²) in [6.45, 7) is 7.78. The molecule has 1 N–H and O–H groups in total. The van der Waals surface area contributed by atoms with E-state index < -0.39 is 0 Å². The lowest BCUT2D eigenvalue weighted by Gasteiger charge is -2.07. The van der Waals surface area contributed by atoms with E-state index in [-0.39, 0.29) is 5.91 Å². The Kier molecular flexibility index (Phi) is 5.01. The predicted octanol–water partition coefficient (Wildman–Crippen LogP) is 2.19. The van der Waals surface area contributed by atoms with Crippen LogP contribution in [0.1, 0.15) is 35.2 Å². The number of halogens is 1. The van der Waals surface area contributed by atoms with Gasteiger partial charge >= 0.3 is 0 Å². The molecular formula is C14H20ClN5O. The number of amides is 1. The molecule has 21 heavy (non-hydrogen) atoms. The van der Waals surface area contributed by atoms with Crippen molar-refractivity contribution in [2.45, 2.75) is 40.3 Å². The molecule has 0 unspecified atom stereocenters. The highest BCUT2D eigenvalue weighted by atomic mass is 35.5.